The summed E-state index contributed by atoms with van der Waals surface area (Å²) in [5.74, 6) is 0. The molecule has 0 amide bonds. The van der Waals surface area contributed by atoms with Crippen LogP contribution in [0.25, 0.3) is 45.2 Å². The molecule has 6 rings (SSSR count). The molecule has 2 aliphatic rings. The molecule has 0 unspecified atom stereocenters. The molecule has 1 aromatic heterocycles. The van der Waals surface area contributed by atoms with Crippen LogP contribution in [0.15, 0.2) is 65.5 Å². The second-order valence-electron chi connectivity index (χ2n) is 6.24. The normalized spacial score (nSPS) is 13.0. The average molecular weight is 292 g/mol. The fourth-order valence-corrected chi connectivity index (χ4v) is 4.12. The van der Waals surface area contributed by atoms with Crippen LogP contribution in [0.1, 0.15) is 11.1 Å². The van der Waals surface area contributed by atoms with Crippen molar-refractivity contribution in [2.24, 2.45) is 0 Å². The molecule has 0 aliphatic heterocycles. The molecule has 0 saturated carbocycles. The maximum Gasteiger partial charge on any atom is 0.0987 e. The van der Waals surface area contributed by atoms with Crippen molar-refractivity contribution in [1.29, 1.82) is 0 Å². The molecule has 0 saturated heterocycles. The first-order valence-corrected chi connectivity index (χ1v) is 7.86. The van der Waals surface area contributed by atoms with E-state index in [1.807, 2.05) is 12.5 Å². The Labute approximate surface area is 132 Å². The first-order valence-electron chi connectivity index (χ1n) is 7.86. The van der Waals surface area contributed by atoms with Crippen LogP contribution in [0.4, 0.5) is 0 Å². The number of fused-ring (bicyclic) bond motifs is 10. The van der Waals surface area contributed by atoms with Crippen molar-refractivity contribution in [3.63, 3.8) is 0 Å². The lowest BCUT2D eigenvalue weighted by Gasteiger charge is -2.09. The highest BCUT2D eigenvalue weighted by atomic mass is 16.3. The zero-order chi connectivity index (χ0) is 15.0. The van der Waals surface area contributed by atoms with E-state index in [4.69, 9.17) is 4.42 Å². The Morgan fingerprint density at radius 1 is 0.565 bits per heavy atom. The third-order valence-electron chi connectivity index (χ3n) is 5.09. The smallest absolute Gasteiger partial charge is 0.0987 e. The molecule has 0 bridgehead atoms. The van der Waals surface area contributed by atoms with E-state index in [0.29, 0.717) is 0 Å². The summed E-state index contributed by atoms with van der Waals surface area (Å²) in [5, 5.41) is 5.00. The van der Waals surface area contributed by atoms with E-state index < -0.39 is 0 Å². The topological polar surface area (TPSA) is 13.1 Å². The van der Waals surface area contributed by atoms with Gasteiger partial charge in [-0.15, -0.1) is 0 Å². The summed E-state index contributed by atoms with van der Waals surface area (Å²) in [6.45, 7) is 0. The van der Waals surface area contributed by atoms with Gasteiger partial charge in [0, 0.05) is 10.8 Å². The average Bonchev–Trinajstić information content (AvgIpc) is 3.28. The number of hydrogen-bond donors (Lipinski definition) is 0. The Hall–Kier alpha value is -3.06. The van der Waals surface area contributed by atoms with Crippen molar-refractivity contribution >= 4 is 22.9 Å². The first-order chi connectivity index (χ1) is 11.4. The number of rotatable bonds is 0. The van der Waals surface area contributed by atoms with E-state index in [9.17, 15) is 0 Å². The lowest BCUT2D eigenvalue weighted by atomic mass is 9.93. The zero-order valence-electron chi connectivity index (χ0n) is 12.3. The summed E-state index contributed by atoms with van der Waals surface area (Å²) < 4.78 is 5.57. The molecule has 4 aromatic rings. The number of benzene rings is 3. The lowest BCUT2D eigenvalue weighted by molar-refractivity contribution is 0.572. The van der Waals surface area contributed by atoms with Gasteiger partial charge in [-0.3, -0.25) is 0 Å². The summed E-state index contributed by atoms with van der Waals surface area (Å²) in [6.07, 6.45) is 8.36. The van der Waals surface area contributed by atoms with E-state index in [1.165, 1.54) is 54.6 Å². The summed E-state index contributed by atoms with van der Waals surface area (Å²) in [7, 11) is 0. The van der Waals surface area contributed by atoms with Crippen molar-refractivity contribution in [2.45, 2.75) is 0 Å². The Morgan fingerprint density at radius 2 is 1.04 bits per heavy atom. The maximum absolute atomic E-state index is 5.57. The molecule has 1 heteroatoms. The first kappa shape index (κ1) is 11.5. The molecule has 23 heavy (non-hydrogen) atoms. The minimum atomic E-state index is 1.21. The Balaban J connectivity index is 1.94. The Morgan fingerprint density at radius 3 is 1.57 bits per heavy atom. The Kier molecular flexibility index (Phi) is 1.91. The molecule has 0 atom stereocenters. The highest BCUT2D eigenvalue weighted by Crippen LogP contribution is 2.38. The SMILES string of the molecule is C1=c2c(c3c(c4cocc24)=Cc2ccccc2-3)-c2ccccc21. The molecule has 3 aromatic carbocycles. The van der Waals surface area contributed by atoms with Gasteiger partial charge in [-0.1, -0.05) is 48.5 Å². The summed E-state index contributed by atoms with van der Waals surface area (Å²) in [5.41, 5.74) is 7.95. The van der Waals surface area contributed by atoms with E-state index in [-0.39, 0.29) is 0 Å². The number of hydrogen-bond acceptors (Lipinski definition) is 1. The number of furan rings is 1. The zero-order valence-corrected chi connectivity index (χ0v) is 12.3. The van der Waals surface area contributed by atoms with Gasteiger partial charge in [0.25, 0.3) is 0 Å². The minimum Gasteiger partial charge on any atom is -0.471 e. The Bertz CT molecular complexity index is 1160. The highest BCUT2D eigenvalue weighted by molar-refractivity contribution is 6.06. The molecule has 1 nitrogen and oxygen atoms in total. The van der Waals surface area contributed by atoms with E-state index in [0.717, 1.165) is 0 Å². The minimum absolute atomic E-state index is 1.21. The molecule has 0 fully saturated rings. The van der Waals surface area contributed by atoms with Crippen LogP contribution in [0.2, 0.25) is 0 Å². The lowest BCUT2D eigenvalue weighted by Crippen LogP contribution is -2.13. The van der Waals surface area contributed by atoms with Crippen LogP contribution in [-0.4, -0.2) is 0 Å². The van der Waals surface area contributed by atoms with Gasteiger partial charge in [0.15, 0.2) is 0 Å². The van der Waals surface area contributed by atoms with E-state index >= 15 is 0 Å². The van der Waals surface area contributed by atoms with Gasteiger partial charge in [-0.05, 0) is 56.0 Å². The predicted octanol–water partition coefficient (Wildman–Crippen LogP) is 4.05. The van der Waals surface area contributed by atoms with Gasteiger partial charge in [-0.2, -0.15) is 0 Å². The highest BCUT2D eigenvalue weighted by Gasteiger charge is 2.25. The second kappa shape index (κ2) is 3.82. The molecule has 106 valence electrons. The molecular weight excluding hydrogens is 280 g/mol. The van der Waals surface area contributed by atoms with Crippen molar-refractivity contribution in [1.82, 2.24) is 0 Å². The van der Waals surface area contributed by atoms with Crippen molar-refractivity contribution in [3.05, 3.63) is 82.6 Å². The molecule has 2 aliphatic carbocycles. The third kappa shape index (κ3) is 1.29. The van der Waals surface area contributed by atoms with Crippen molar-refractivity contribution in [2.75, 3.05) is 0 Å². The van der Waals surface area contributed by atoms with Crippen LogP contribution in [0.5, 0.6) is 0 Å². The summed E-state index contributed by atoms with van der Waals surface area (Å²) in [6, 6.07) is 17.3. The third-order valence-corrected chi connectivity index (χ3v) is 5.09. The van der Waals surface area contributed by atoms with Gasteiger partial charge >= 0.3 is 0 Å². The fourth-order valence-electron chi connectivity index (χ4n) is 4.12. The standard InChI is InChI=1S/C22H12O/c1-3-7-15-13(5-1)9-17-19-11-23-12-20(19)18-10-14-6-2-4-8-16(14)22(18)21(15)17/h1-12H. The molecular formula is C22H12O. The molecule has 0 spiro atoms. The van der Waals surface area contributed by atoms with Crippen LogP contribution >= 0.6 is 0 Å². The van der Waals surface area contributed by atoms with Crippen LogP contribution < -0.4 is 10.4 Å². The maximum atomic E-state index is 5.57. The van der Waals surface area contributed by atoms with Crippen molar-refractivity contribution < 1.29 is 4.42 Å². The van der Waals surface area contributed by atoms with Crippen molar-refractivity contribution in [3.8, 4) is 22.3 Å². The predicted molar refractivity (Wildman–Crippen MR) is 93.5 cm³/mol. The van der Waals surface area contributed by atoms with Crippen LogP contribution in [-0.2, 0) is 0 Å². The van der Waals surface area contributed by atoms with Crippen LogP contribution in [0.3, 0.4) is 0 Å². The van der Waals surface area contributed by atoms with Crippen LogP contribution in [0, 0.1) is 0 Å². The summed E-state index contributed by atoms with van der Waals surface area (Å²) in [4.78, 5) is 0. The largest absolute Gasteiger partial charge is 0.471 e. The van der Waals surface area contributed by atoms with E-state index in [1.54, 1.807) is 0 Å². The summed E-state index contributed by atoms with van der Waals surface area (Å²) >= 11 is 0. The van der Waals surface area contributed by atoms with Gasteiger partial charge in [-0.25, -0.2) is 0 Å². The second-order valence-corrected chi connectivity index (χ2v) is 6.24. The fraction of sp³-hybridized carbons (Fsp3) is 0. The van der Waals surface area contributed by atoms with Gasteiger partial charge in [0.1, 0.15) is 0 Å². The molecule has 1 heterocycles. The quantitative estimate of drug-likeness (QED) is 0.411. The monoisotopic (exact) mass is 292 g/mol. The van der Waals surface area contributed by atoms with Gasteiger partial charge < -0.3 is 4.42 Å². The van der Waals surface area contributed by atoms with Gasteiger partial charge in [0.05, 0.1) is 12.5 Å². The molecule has 0 N–H and O–H groups in total. The van der Waals surface area contributed by atoms with E-state index in [2.05, 4.69) is 60.7 Å². The molecule has 0 radical (unpaired) electrons. The van der Waals surface area contributed by atoms with Gasteiger partial charge in [0.2, 0.25) is 0 Å².